The number of ether oxygens (including phenoxy) is 1. The van der Waals surface area contributed by atoms with E-state index in [2.05, 4.69) is 11.3 Å². The van der Waals surface area contributed by atoms with Crippen LogP contribution in [0.15, 0.2) is 12.7 Å². The molecule has 1 fully saturated rings. The minimum absolute atomic E-state index is 0.152. The van der Waals surface area contributed by atoms with Crippen molar-refractivity contribution in [2.24, 2.45) is 0 Å². The van der Waals surface area contributed by atoms with Crippen LogP contribution >= 0.6 is 0 Å². The minimum Gasteiger partial charge on any atom is -0.380 e. The number of hydrogen-bond acceptors (Lipinski definition) is 3. The van der Waals surface area contributed by atoms with E-state index in [0.29, 0.717) is 6.42 Å². The summed E-state index contributed by atoms with van der Waals surface area (Å²) in [5.74, 6) is 0. The summed E-state index contributed by atoms with van der Waals surface area (Å²) in [5.41, 5.74) is 0. The molecule has 0 heterocycles. The van der Waals surface area contributed by atoms with Crippen molar-refractivity contribution < 1.29 is 13.2 Å². The maximum absolute atomic E-state index is 11.8. The van der Waals surface area contributed by atoms with Crippen LogP contribution in [0, 0.1) is 0 Å². The van der Waals surface area contributed by atoms with Crippen molar-refractivity contribution in [1.29, 1.82) is 0 Å². The highest BCUT2D eigenvalue weighted by molar-refractivity contribution is 7.90. The summed E-state index contributed by atoms with van der Waals surface area (Å²) in [5, 5.41) is -0.541. The Morgan fingerprint density at radius 2 is 2.20 bits per heavy atom. The number of sulfonamides is 1. The van der Waals surface area contributed by atoms with Crippen molar-refractivity contribution in [1.82, 2.24) is 4.72 Å². The van der Waals surface area contributed by atoms with Crippen LogP contribution in [0.2, 0.25) is 0 Å². The first kappa shape index (κ1) is 12.7. The molecule has 0 saturated heterocycles. The lowest BCUT2D eigenvalue weighted by molar-refractivity contribution is 0.104. The second-order valence-corrected chi connectivity index (χ2v) is 6.01. The van der Waals surface area contributed by atoms with Crippen LogP contribution in [0.3, 0.4) is 0 Å². The van der Waals surface area contributed by atoms with Crippen LogP contribution in [0.5, 0.6) is 0 Å². The normalized spacial score (nSPS) is 20.9. The van der Waals surface area contributed by atoms with Crippen LogP contribution in [-0.2, 0) is 14.8 Å². The van der Waals surface area contributed by atoms with Gasteiger partial charge in [-0.15, -0.1) is 6.58 Å². The van der Waals surface area contributed by atoms with Crippen molar-refractivity contribution >= 4 is 10.0 Å². The first-order chi connectivity index (χ1) is 7.01. The van der Waals surface area contributed by atoms with Crippen LogP contribution in [0.4, 0.5) is 0 Å². The van der Waals surface area contributed by atoms with Gasteiger partial charge < -0.3 is 4.74 Å². The zero-order valence-corrected chi connectivity index (χ0v) is 10.1. The Labute approximate surface area is 91.8 Å². The number of methoxy groups -OCH3 is 1. The van der Waals surface area contributed by atoms with Crippen LogP contribution in [0.25, 0.3) is 0 Å². The maximum Gasteiger partial charge on any atom is 0.217 e. The summed E-state index contributed by atoms with van der Waals surface area (Å²) in [6, 6.07) is 0.152. The van der Waals surface area contributed by atoms with Gasteiger partial charge in [-0.1, -0.05) is 6.08 Å². The second kappa shape index (κ2) is 5.09. The van der Waals surface area contributed by atoms with Crippen molar-refractivity contribution in [3.8, 4) is 0 Å². The predicted molar refractivity (Wildman–Crippen MR) is 60.2 cm³/mol. The molecule has 1 saturated carbocycles. The van der Waals surface area contributed by atoms with Gasteiger partial charge in [-0.2, -0.15) is 0 Å². The first-order valence-electron chi connectivity index (χ1n) is 5.16. The summed E-state index contributed by atoms with van der Waals surface area (Å²) in [6.07, 6.45) is 3.80. The van der Waals surface area contributed by atoms with Crippen molar-refractivity contribution in [3.63, 3.8) is 0 Å². The molecule has 2 atom stereocenters. The highest BCUT2D eigenvalue weighted by Gasteiger charge is 2.34. The third kappa shape index (κ3) is 3.59. The van der Waals surface area contributed by atoms with E-state index in [1.807, 2.05) is 0 Å². The van der Waals surface area contributed by atoms with Gasteiger partial charge in [0.2, 0.25) is 10.0 Å². The Morgan fingerprint density at radius 3 is 2.60 bits per heavy atom. The van der Waals surface area contributed by atoms with E-state index in [4.69, 9.17) is 4.74 Å². The molecule has 1 aliphatic carbocycles. The fourth-order valence-electron chi connectivity index (χ4n) is 1.38. The van der Waals surface area contributed by atoms with Crippen LogP contribution in [0.1, 0.15) is 26.2 Å². The molecule has 5 heteroatoms. The molecule has 4 nitrogen and oxygen atoms in total. The summed E-state index contributed by atoms with van der Waals surface area (Å²) < 4.78 is 31.5. The van der Waals surface area contributed by atoms with E-state index < -0.39 is 15.3 Å². The maximum atomic E-state index is 11.8. The lowest BCUT2D eigenvalue weighted by atomic mass is 10.2. The molecular formula is C10H19NO3S. The fraction of sp³-hybridized carbons (Fsp3) is 0.800. The number of nitrogens with one attached hydrogen (secondary N) is 1. The Balaban J connectivity index is 2.61. The van der Waals surface area contributed by atoms with E-state index in [1.54, 1.807) is 13.0 Å². The van der Waals surface area contributed by atoms with E-state index in [9.17, 15) is 8.42 Å². The Hall–Kier alpha value is -0.390. The zero-order valence-electron chi connectivity index (χ0n) is 9.27. The van der Waals surface area contributed by atoms with E-state index in [0.717, 1.165) is 12.8 Å². The van der Waals surface area contributed by atoms with Crippen molar-refractivity contribution in [2.75, 3.05) is 7.11 Å². The average Bonchev–Trinajstić information content (AvgIpc) is 2.96. The van der Waals surface area contributed by atoms with E-state index in [1.165, 1.54) is 7.11 Å². The Bertz CT molecular complexity index is 309. The lowest BCUT2D eigenvalue weighted by Gasteiger charge is -2.21. The molecule has 1 rings (SSSR count). The first-order valence-corrected chi connectivity index (χ1v) is 6.70. The molecule has 0 bridgehead atoms. The predicted octanol–water partition coefficient (Wildman–Crippen LogP) is 1.05. The molecule has 0 aromatic rings. The van der Waals surface area contributed by atoms with Gasteiger partial charge in [0, 0.05) is 13.2 Å². The molecule has 0 spiro atoms. The Kier molecular flexibility index (Phi) is 4.31. The SMILES string of the molecule is C=CC[C@H](OC)[C@H](C)S(=O)(=O)NC1CC1. The average molecular weight is 233 g/mol. The van der Waals surface area contributed by atoms with Gasteiger partial charge >= 0.3 is 0 Å². The highest BCUT2D eigenvalue weighted by Crippen LogP contribution is 2.22. The molecule has 0 aromatic heterocycles. The summed E-state index contributed by atoms with van der Waals surface area (Å²) >= 11 is 0. The minimum atomic E-state index is -3.25. The van der Waals surface area contributed by atoms with Crippen LogP contribution in [-0.4, -0.2) is 32.9 Å². The molecule has 0 aliphatic heterocycles. The summed E-state index contributed by atoms with van der Waals surface area (Å²) in [6.45, 7) is 5.26. The number of hydrogen-bond donors (Lipinski definition) is 1. The van der Waals surface area contributed by atoms with Gasteiger partial charge in [0.05, 0.1) is 11.4 Å². The monoisotopic (exact) mass is 233 g/mol. The Morgan fingerprint density at radius 1 is 1.60 bits per heavy atom. The largest absolute Gasteiger partial charge is 0.380 e. The molecule has 1 aliphatic rings. The third-order valence-electron chi connectivity index (χ3n) is 2.62. The molecule has 0 aromatic carbocycles. The van der Waals surface area contributed by atoms with Gasteiger partial charge in [-0.3, -0.25) is 0 Å². The quantitative estimate of drug-likeness (QED) is 0.669. The molecule has 15 heavy (non-hydrogen) atoms. The zero-order chi connectivity index (χ0) is 11.5. The molecule has 1 N–H and O–H groups in total. The van der Waals surface area contributed by atoms with E-state index >= 15 is 0 Å². The topological polar surface area (TPSA) is 55.4 Å². The molecule has 0 radical (unpaired) electrons. The standard InChI is InChI=1S/C10H19NO3S/c1-4-5-10(14-3)8(2)15(12,13)11-9-6-7-9/h4,8-11H,1,5-7H2,2-3H3/t8-,10-/m0/s1. The van der Waals surface area contributed by atoms with Gasteiger partial charge in [0.15, 0.2) is 0 Å². The van der Waals surface area contributed by atoms with Crippen molar-refractivity contribution in [2.45, 2.75) is 43.6 Å². The smallest absolute Gasteiger partial charge is 0.217 e. The van der Waals surface area contributed by atoms with Gasteiger partial charge in [-0.25, -0.2) is 13.1 Å². The van der Waals surface area contributed by atoms with Gasteiger partial charge in [0.25, 0.3) is 0 Å². The second-order valence-electron chi connectivity index (χ2n) is 3.94. The summed E-state index contributed by atoms with van der Waals surface area (Å²) in [7, 11) is -1.73. The van der Waals surface area contributed by atoms with Crippen LogP contribution < -0.4 is 4.72 Å². The molecular weight excluding hydrogens is 214 g/mol. The number of rotatable bonds is 7. The fourth-order valence-corrected chi connectivity index (χ4v) is 2.92. The molecule has 0 unspecified atom stereocenters. The third-order valence-corrected chi connectivity index (χ3v) is 4.57. The highest BCUT2D eigenvalue weighted by atomic mass is 32.2. The van der Waals surface area contributed by atoms with Crippen molar-refractivity contribution in [3.05, 3.63) is 12.7 Å². The van der Waals surface area contributed by atoms with Gasteiger partial charge in [-0.05, 0) is 26.2 Å². The summed E-state index contributed by atoms with van der Waals surface area (Å²) in [4.78, 5) is 0. The van der Waals surface area contributed by atoms with Gasteiger partial charge in [0.1, 0.15) is 0 Å². The molecule has 0 amide bonds. The molecule has 88 valence electrons. The lowest BCUT2D eigenvalue weighted by Crippen LogP contribution is -2.41. The van der Waals surface area contributed by atoms with E-state index in [-0.39, 0.29) is 12.1 Å².